The number of methoxy groups -OCH3 is 2. The molecule has 4 aromatic heterocycles. The number of anilines is 1. The van der Waals surface area contributed by atoms with Gasteiger partial charge >= 0.3 is 0 Å². The third kappa shape index (κ3) is 4.96. The number of amides is 1. The molecule has 0 radical (unpaired) electrons. The second kappa shape index (κ2) is 10.8. The number of ether oxygens (including phenoxy) is 2. The highest BCUT2D eigenvalue weighted by atomic mass is 16.5. The molecule has 5 rings (SSSR count). The molecule has 0 fully saturated rings. The van der Waals surface area contributed by atoms with E-state index in [4.69, 9.17) is 20.2 Å². The number of carbonyl (C=O) groups is 1. The van der Waals surface area contributed by atoms with Crippen LogP contribution in [0.15, 0.2) is 71.9 Å². The zero-order valence-electron chi connectivity index (χ0n) is 22.0. The van der Waals surface area contributed by atoms with E-state index < -0.39 is 0 Å². The Morgan fingerprint density at radius 3 is 2.56 bits per heavy atom. The van der Waals surface area contributed by atoms with Crippen molar-refractivity contribution in [2.24, 2.45) is 0 Å². The van der Waals surface area contributed by atoms with Gasteiger partial charge in [0.15, 0.2) is 11.5 Å². The van der Waals surface area contributed by atoms with Crippen LogP contribution in [0.25, 0.3) is 16.7 Å². The number of aromatic nitrogens is 4. The van der Waals surface area contributed by atoms with E-state index in [9.17, 15) is 9.59 Å². The molecule has 1 amide bonds. The van der Waals surface area contributed by atoms with Crippen LogP contribution in [0.1, 0.15) is 27.0 Å². The zero-order chi connectivity index (χ0) is 27.5. The number of fused-ring (bicyclic) bond motifs is 2. The maximum atomic E-state index is 13.5. The molecule has 0 saturated carbocycles. The summed E-state index contributed by atoms with van der Waals surface area (Å²) in [6, 6.07) is 14.5. The molecule has 3 N–H and O–H groups in total. The first kappa shape index (κ1) is 25.7. The van der Waals surface area contributed by atoms with Gasteiger partial charge in [0.25, 0.3) is 17.1 Å². The van der Waals surface area contributed by atoms with E-state index in [1.165, 1.54) is 10.5 Å². The minimum atomic E-state index is -0.382. The Hall–Kier alpha value is -4.99. The number of aryl methyl sites for hydroxylation is 1. The summed E-state index contributed by atoms with van der Waals surface area (Å²) in [4.78, 5) is 35.8. The minimum Gasteiger partial charge on any atom is -0.493 e. The first-order valence-corrected chi connectivity index (χ1v) is 12.4. The summed E-state index contributed by atoms with van der Waals surface area (Å²) < 4.78 is 13.9. The SMILES string of the molecule is COc1ccc(CCNC(=O)c2cc3c(=O)n4cccc(C)c4nc3[n+](Cc3ccncc3)c2N)cc1OC. The minimum absolute atomic E-state index is 0.204. The number of hydrogen-bond acceptors (Lipinski definition) is 7. The van der Waals surface area contributed by atoms with Gasteiger partial charge in [0.1, 0.15) is 10.9 Å². The number of benzene rings is 1. The molecule has 39 heavy (non-hydrogen) atoms. The summed E-state index contributed by atoms with van der Waals surface area (Å²) in [5.41, 5.74) is 10.2. The van der Waals surface area contributed by atoms with Crippen molar-refractivity contribution < 1.29 is 18.8 Å². The lowest BCUT2D eigenvalue weighted by molar-refractivity contribution is -0.649. The first-order chi connectivity index (χ1) is 18.9. The molecule has 10 heteroatoms. The largest absolute Gasteiger partial charge is 0.493 e. The van der Waals surface area contributed by atoms with Crippen molar-refractivity contribution in [2.75, 3.05) is 26.5 Å². The van der Waals surface area contributed by atoms with Gasteiger partial charge in [-0.05, 0) is 60.9 Å². The predicted molar refractivity (Wildman–Crippen MR) is 147 cm³/mol. The second-order valence-corrected chi connectivity index (χ2v) is 9.12. The summed E-state index contributed by atoms with van der Waals surface area (Å²) in [7, 11) is 3.16. The Kier molecular flexibility index (Phi) is 7.09. The number of nitrogen functional groups attached to an aromatic ring is 1. The van der Waals surface area contributed by atoms with Gasteiger partial charge in [-0.25, -0.2) is 4.57 Å². The number of pyridine rings is 3. The van der Waals surface area contributed by atoms with Gasteiger partial charge in [0.2, 0.25) is 11.5 Å². The fourth-order valence-corrected chi connectivity index (χ4v) is 4.57. The van der Waals surface area contributed by atoms with Crippen LogP contribution in [0, 0.1) is 6.92 Å². The first-order valence-electron chi connectivity index (χ1n) is 12.4. The second-order valence-electron chi connectivity index (χ2n) is 9.12. The Balaban J connectivity index is 1.53. The normalized spacial score (nSPS) is 11.1. The van der Waals surface area contributed by atoms with Crippen molar-refractivity contribution in [1.82, 2.24) is 19.7 Å². The van der Waals surface area contributed by atoms with Gasteiger partial charge in [-0.3, -0.25) is 19.0 Å². The molecule has 0 atom stereocenters. The standard InChI is InChI=1S/C29H28N6O4/c1-18-5-4-14-34-26(18)33-27-22(29(34)37)16-21(25(30)35(27)17-20-8-11-31-12-9-20)28(36)32-13-10-19-6-7-23(38-2)24(15-19)39-3/h4-9,11-12,14-16,30H,10,13,17H2,1-3H3,(H,32,36)/p+1. The molecule has 0 spiro atoms. The molecule has 0 unspecified atom stereocenters. The molecule has 0 aliphatic heterocycles. The molecule has 1 aromatic carbocycles. The highest BCUT2D eigenvalue weighted by Gasteiger charge is 2.25. The topological polar surface area (TPSA) is 125 Å². The van der Waals surface area contributed by atoms with Crippen molar-refractivity contribution in [2.45, 2.75) is 19.9 Å². The van der Waals surface area contributed by atoms with Gasteiger partial charge in [-0.15, -0.1) is 0 Å². The maximum absolute atomic E-state index is 13.5. The van der Waals surface area contributed by atoms with Crippen LogP contribution < -0.4 is 30.7 Å². The maximum Gasteiger partial charge on any atom is 0.278 e. The van der Waals surface area contributed by atoms with Gasteiger partial charge in [0.05, 0.1) is 20.8 Å². The molecular formula is C29H29N6O4+. The quantitative estimate of drug-likeness (QED) is 0.236. The summed E-state index contributed by atoms with van der Waals surface area (Å²) in [6.45, 7) is 2.56. The molecular weight excluding hydrogens is 496 g/mol. The Morgan fingerprint density at radius 1 is 1.05 bits per heavy atom. The molecule has 0 saturated heterocycles. The van der Waals surface area contributed by atoms with Crippen LogP contribution in [0.5, 0.6) is 11.5 Å². The number of nitrogens with one attached hydrogen (secondary N) is 1. The molecule has 5 aromatic rings. The highest BCUT2D eigenvalue weighted by Crippen LogP contribution is 2.27. The van der Waals surface area contributed by atoms with E-state index in [1.54, 1.807) is 43.4 Å². The zero-order valence-corrected chi connectivity index (χ0v) is 22.0. The van der Waals surface area contributed by atoms with Crippen molar-refractivity contribution >= 4 is 28.4 Å². The van der Waals surface area contributed by atoms with E-state index in [0.717, 1.165) is 16.7 Å². The summed E-state index contributed by atoms with van der Waals surface area (Å²) in [6.07, 6.45) is 5.59. The van der Waals surface area contributed by atoms with Gasteiger partial charge in [-0.1, -0.05) is 17.1 Å². The Bertz CT molecular complexity index is 1750. The highest BCUT2D eigenvalue weighted by molar-refractivity contribution is 6.00. The number of carbonyl (C=O) groups excluding carboxylic acids is 1. The lowest BCUT2D eigenvalue weighted by Gasteiger charge is -2.13. The van der Waals surface area contributed by atoms with Crippen molar-refractivity contribution in [3.05, 3.63) is 99.7 Å². The van der Waals surface area contributed by atoms with Crippen LogP contribution in [0.2, 0.25) is 0 Å². The van der Waals surface area contributed by atoms with Gasteiger partial charge in [0, 0.05) is 30.7 Å². The van der Waals surface area contributed by atoms with E-state index in [-0.39, 0.29) is 22.8 Å². The van der Waals surface area contributed by atoms with Crippen LogP contribution >= 0.6 is 0 Å². The van der Waals surface area contributed by atoms with Gasteiger partial charge < -0.3 is 20.5 Å². The molecule has 0 bridgehead atoms. The molecule has 0 aliphatic rings. The number of rotatable bonds is 8. The third-order valence-corrected chi connectivity index (χ3v) is 6.66. The third-order valence-electron chi connectivity index (χ3n) is 6.66. The summed E-state index contributed by atoms with van der Waals surface area (Å²) in [5.74, 6) is 1.09. The van der Waals surface area contributed by atoms with Crippen LogP contribution in [-0.4, -0.2) is 41.0 Å². The molecule has 4 heterocycles. The molecule has 198 valence electrons. The van der Waals surface area contributed by atoms with Crippen molar-refractivity contribution in [3.8, 4) is 11.5 Å². The predicted octanol–water partition coefficient (Wildman–Crippen LogP) is 2.46. The summed E-state index contributed by atoms with van der Waals surface area (Å²) >= 11 is 0. The van der Waals surface area contributed by atoms with Crippen LogP contribution in [-0.2, 0) is 13.0 Å². The fraction of sp³-hybridized carbons (Fsp3) is 0.207. The van der Waals surface area contributed by atoms with E-state index >= 15 is 0 Å². The van der Waals surface area contributed by atoms with Crippen molar-refractivity contribution in [1.29, 1.82) is 0 Å². The Labute approximate surface area is 224 Å². The van der Waals surface area contributed by atoms with Crippen LogP contribution in [0.4, 0.5) is 5.82 Å². The summed E-state index contributed by atoms with van der Waals surface area (Å²) in [5, 5.41) is 3.23. The smallest absolute Gasteiger partial charge is 0.278 e. The van der Waals surface area contributed by atoms with Gasteiger partial charge in [-0.2, -0.15) is 0 Å². The number of nitrogens with two attached hydrogens (primary N) is 1. The van der Waals surface area contributed by atoms with Crippen molar-refractivity contribution in [3.63, 3.8) is 0 Å². The fourth-order valence-electron chi connectivity index (χ4n) is 4.57. The number of hydrogen-bond donors (Lipinski definition) is 2. The van der Waals surface area contributed by atoms with E-state index in [1.807, 2.05) is 43.3 Å². The van der Waals surface area contributed by atoms with E-state index in [2.05, 4.69) is 10.3 Å². The molecule has 0 aliphatic carbocycles. The lowest BCUT2D eigenvalue weighted by atomic mass is 10.1. The average molecular weight is 526 g/mol. The molecule has 10 nitrogen and oxygen atoms in total. The Morgan fingerprint density at radius 2 is 1.82 bits per heavy atom. The lowest BCUT2D eigenvalue weighted by Crippen LogP contribution is -2.43. The van der Waals surface area contributed by atoms with Crippen LogP contribution in [0.3, 0.4) is 0 Å². The average Bonchev–Trinajstić information content (AvgIpc) is 2.95. The monoisotopic (exact) mass is 525 g/mol. The number of nitrogens with zero attached hydrogens (tertiary/aromatic N) is 4. The van der Waals surface area contributed by atoms with E-state index in [0.29, 0.717) is 47.7 Å².